The fraction of sp³-hybridized carbons (Fsp3) is 0.417. The van der Waals surface area contributed by atoms with Gasteiger partial charge in [-0.05, 0) is 37.0 Å². The minimum absolute atomic E-state index is 0.447. The van der Waals surface area contributed by atoms with Crippen LogP contribution in [0.2, 0.25) is 0 Å². The lowest BCUT2D eigenvalue weighted by atomic mass is 10.1. The van der Waals surface area contributed by atoms with Crippen LogP contribution in [0.3, 0.4) is 0 Å². The molecule has 1 rings (SSSR count). The van der Waals surface area contributed by atoms with Crippen molar-refractivity contribution in [3.05, 3.63) is 29.8 Å². The molecule has 0 heterocycles. The summed E-state index contributed by atoms with van der Waals surface area (Å²) in [7, 11) is -3.24. The van der Waals surface area contributed by atoms with Crippen LogP contribution in [-0.4, -0.2) is 32.4 Å². The number of benzene rings is 1. The van der Waals surface area contributed by atoms with E-state index in [0.29, 0.717) is 12.2 Å². The van der Waals surface area contributed by atoms with Gasteiger partial charge in [-0.25, -0.2) is 13.2 Å². The summed E-state index contributed by atoms with van der Waals surface area (Å²) in [4.78, 5) is 10.2. The Bertz CT molecular complexity index is 511. The normalized spacial score (nSPS) is 11.0. The van der Waals surface area contributed by atoms with Gasteiger partial charge >= 0.3 is 6.09 Å². The first kappa shape index (κ1) is 15.3. The largest absolute Gasteiger partial charge is 0.465 e. The van der Waals surface area contributed by atoms with Crippen molar-refractivity contribution in [1.82, 2.24) is 5.32 Å². The Kier molecular flexibility index (Phi) is 5.62. The van der Waals surface area contributed by atoms with E-state index in [0.717, 1.165) is 31.1 Å². The maximum Gasteiger partial charge on any atom is 0.404 e. The zero-order chi connectivity index (χ0) is 14.3. The first-order chi connectivity index (χ1) is 8.87. The van der Waals surface area contributed by atoms with E-state index in [-0.39, 0.29) is 0 Å². The van der Waals surface area contributed by atoms with E-state index in [1.54, 1.807) is 12.1 Å². The van der Waals surface area contributed by atoms with E-state index in [1.165, 1.54) is 0 Å². The van der Waals surface area contributed by atoms with Crippen LogP contribution in [0.1, 0.15) is 18.4 Å². The van der Waals surface area contributed by atoms with Gasteiger partial charge in [0.2, 0.25) is 10.0 Å². The molecule has 19 heavy (non-hydrogen) atoms. The first-order valence-corrected chi connectivity index (χ1v) is 7.79. The Morgan fingerprint density at radius 3 is 2.37 bits per heavy atom. The average molecular weight is 286 g/mol. The van der Waals surface area contributed by atoms with Gasteiger partial charge in [0, 0.05) is 12.2 Å². The molecule has 106 valence electrons. The van der Waals surface area contributed by atoms with Crippen molar-refractivity contribution in [1.29, 1.82) is 0 Å². The number of nitrogens with one attached hydrogen (secondary N) is 2. The summed E-state index contributed by atoms with van der Waals surface area (Å²) < 4.78 is 24.4. The molecule has 0 saturated carbocycles. The second-order valence-electron chi connectivity index (χ2n) is 4.26. The molecule has 0 atom stereocenters. The van der Waals surface area contributed by atoms with Gasteiger partial charge in [-0.2, -0.15) is 0 Å². The number of sulfonamides is 1. The van der Waals surface area contributed by atoms with Crippen LogP contribution in [0.15, 0.2) is 24.3 Å². The van der Waals surface area contributed by atoms with Crippen LogP contribution in [-0.2, 0) is 16.4 Å². The molecular weight excluding hydrogens is 268 g/mol. The maximum absolute atomic E-state index is 11.0. The second kappa shape index (κ2) is 6.98. The summed E-state index contributed by atoms with van der Waals surface area (Å²) in [6.07, 6.45) is 2.59. The number of hydrogen-bond acceptors (Lipinski definition) is 3. The molecule has 0 aliphatic carbocycles. The summed E-state index contributed by atoms with van der Waals surface area (Å²) in [5.41, 5.74) is 1.63. The van der Waals surface area contributed by atoms with Crippen molar-refractivity contribution < 1.29 is 18.3 Å². The van der Waals surface area contributed by atoms with Crippen LogP contribution in [0.5, 0.6) is 0 Å². The van der Waals surface area contributed by atoms with Crippen LogP contribution < -0.4 is 10.0 Å². The van der Waals surface area contributed by atoms with Crippen molar-refractivity contribution in [2.45, 2.75) is 19.3 Å². The van der Waals surface area contributed by atoms with E-state index in [9.17, 15) is 13.2 Å². The fourth-order valence-electron chi connectivity index (χ4n) is 1.60. The smallest absolute Gasteiger partial charge is 0.404 e. The molecule has 0 saturated heterocycles. The maximum atomic E-state index is 11.0. The summed E-state index contributed by atoms with van der Waals surface area (Å²) in [5, 5.41) is 10.7. The van der Waals surface area contributed by atoms with Gasteiger partial charge in [0.1, 0.15) is 0 Å². The van der Waals surface area contributed by atoms with Crippen LogP contribution in [0, 0.1) is 0 Å². The molecular formula is C12H18N2O4S. The van der Waals surface area contributed by atoms with Crippen molar-refractivity contribution >= 4 is 21.8 Å². The summed E-state index contributed by atoms with van der Waals surface area (Å²) >= 11 is 0. The Hall–Kier alpha value is -1.76. The Morgan fingerprint density at radius 1 is 1.21 bits per heavy atom. The quantitative estimate of drug-likeness (QED) is 0.664. The lowest BCUT2D eigenvalue weighted by Gasteiger charge is -2.06. The molecule has 0 spiro atoms. The lowest BCUT2D eigenvalue weighted by Crippen LogP contribution is -2.21. The number of carbonyl (C=O) groups is 1. The van der Waals surface area contributed by atoms with Crippen LogP contribution in [0.25, 0.3) is 0 Å². The number of carboxylic acid groups (broad SMARTS) is 1. The third kappa shape index (κ3) is 7.30. The molecule has 0 aliphatic rings. The molecule has 1 aromatic carbocycles. The molecule has 0 aromatic heterocycles. The fourth-order valence-corrected chi connectivity index (χ4v) is 2.17. The molecule has 3 N–H and O–H groups in total. The molecule has 1 amide bonds. The highest BCUT2D eigenvalue weighted by Crippen LogP contribution is 2.12. The van der Waals surface area contributed by atoms with Gasteiger partial charge in [0.05, 0.1) is 6.26 Å². The molecule has 0 fully saturated rings. The van der Waals surface area contributed by atoms with Gasteiger partial charge in [-0.15, -0.1) is 0 Å². The van der Waals surface area contributed by atoms with E-state index >= 15 is 0 Å². The third-order valence-corrected chi connectivity index (χ3v) is 3.03. The van der Waals surface area contributed by atoms with E-state index in [4.69, 9.17) is 5.11 Å². The molecule has 0 bridgehead atoms. The van der Waals surface area contributed by atoms with Crippen LogP contribution >= 0.6 is 0 Å². The average Bonchev–Trinajstić information content (AvgIpc) is 2.28. The minimum Gasteiger partial charge on any atom is -0.465 e. The SMILES string of the molecule is CS(=O)(=O)Nc1ccc(CCCCNC(=O)O)cc1. The van der Waals surface area contributed by atoms with E-state index in [2.05, 4.69) is 10.0 Å². The number of anilines is 1. The van der Waals surface area contributed by atoms with Gasteiger partial charge in [0.25, 0.3) is 0 Å². The minimum atomic E-state index is -3.24. The highest BCUT2D eigenvalue weighted by atomic mass is 32.2. The monoisotopic (exact) mass is 286 g/mol. The van der Waals surface area contributed by atoms with Crippen molar-refractivity contribution in [2.75, 3.05) is 17.5 Å². The number of hydrogen-bond donors (Lipinski definition) is 3. The van der Waals surface area contributed by atoms with Crippen molar-refractivity contribution in [3.8, 4) is 0 Å². The summed E-state index contributed by atoms with van der Waals surface area (Å²) in [6.45, 7) is 0.447. The van der Waals surface area contributed by atoms with Gasteiger partial charge in [-0.3, -0.25) is 4.72 Å². The predicted octanol–water partition coefficient (Wildman–Crippen LogP) is 1.65. The van der Waals surface area contributed by atoms with E-state index < -0.39 is 16.1 Å². The van der Waals surface area contributed by atoms with Gasteiger partial charge in [-0.1, -0.05) is 12.1 Å². The molecule has 1 aromatic rings. The third-order valence-electron chi connectivity index (χ3n) is 2.43. The topological polar surface area (TPSA) is 95.5 Å². The number of rotatable bonds is 7. The van der Waals surface area contributed by atoms with Crippen molar-refractivity contribution in [3.63, 3.8) is 0 Å². The highest BCUT2D eigenvalue weighted by molar-refractivity contribution is 7.92. The summed E-state index contributed by atoms with van der Waals surface area (Å²) in [5.74, 6) is 0. The Morgan fingerprint density at radius 2 is 1.84 bits per heavy atom. The number of unbranched alkanes of at least 4 members (excludes halogenated alkanes) is 1. The highest BCUT2D eigenvalue weighted by Gasteiger charge is 2.01. The Labute approximate surface area is 112 Å². The molecule has 0 radical (unpaired) electrons. The molecule has 0 unspecified atom stereocenters. The van der Waals surface area contributed by atoms with Crippen molar-refractivity contribution in [2.24, 2.45) is 0 Å². The summed E-state index contributed by atoms with van der Waals surface area (Å²) in [6, 6.07) is 7.15. The Balaban J connectivity index is 2.34. The number of aryl methyl sites for hydroxylation is 1. The van der Waals surface area contributed by atoms with Gasteiger partial charge < -0.3 is 10.4 Å². The predicted molar refractivity (Wildman–Crippen MR) is 73.9 cm³/mol. The molecule has 7 heteroatoms. The standard InChI is InChI=1S/C12H18N2O4S/c1-19(17,18)14-11-7-5-10(6-8-11)4-2-3-9-13-12(15)16/h5-8,13-14H,2-4,9H2,1H3,(H,15,16). The zero-order valence-corrected chi connectivity index (χ0v) is 11.5. The zero-order valence-electron chi connectivity index (χ0n) is 10.7. The first-order valence-electron chi connectivity index (χ1n) is 5.90. The number of amides is 1. The molecule has 0 aliphatic heterocycles. The molecule has 6 nitrogen and oxygen atoms in total. The van der Waals surface area contributed by atoms with Gasteiger partial charge in [0.15, 0.2) is 0 Å². The van der Waals surface area contributed by atoms with E-state index in [1.807, 2.05) is 12.1 Å². The second-order valence-corrected chi connectivity index (χ2v) is 6.01. The lowest BCUT2D eigenvalue weighted by molar-refractivity contribution is 0.194. The van der Waals surface area contributed by atoms with Crippen LogP contribution in [0.4, 0.5) is 10.5 Å².